The van der Waals surface area contributed by atoms with Gasteiger partial charge in [-0.1, -0.05) is 43.2 Å². The lowest BCUT2D eigenvalue weighted by Gasteiger charge is -2.18. The maximum absolute atomic E-state index is 3.52. The van der Waals surface area contributed by atoms with E-state index in [1.807, 2.05) is 0 Å². The van der Waals surface area contributed by atoms with Crippen LogP contribution >= 0.6 is 0 Å². The molecule has 0 spiro atoms. The quantitative estimate of drug-likeness (QED) is 0.796. The van der Waals surface area contributed by atoms with E-state index < -0.39 is 0 Å². The molecule has 0 bridgehead atoms. The molecule has 1 aromatic rings. The van der Waals surface area contributed by atoms with E-state index in [0.29, 0.717) is 0 Å². The predicted octanol–water partition coefficient (Wildman–Crippen LogP) is 3.10. The molecule has 1 saturated heterocycles. The van der Waals surface area contributed by atoms with E-state index >= 15 is 0 Å². The Morgan fingerprint density at radius 2 is 1.93 bits per heavy atom. The first-order chi connectivity index (χ1) is 7.31. The van der Waals surface area contributed by atoms with E-state index in [1.54, 1.807) is 0 Å². The molecule has 0 aromatic heterocycles. The average molecular weight is 203 g/mol. The normalized spacial score (nSPS) is 25.7. The van der Waals surface area contributed by atoms with Gasteiger partial charge in [0, 0.05) is 12.5 Å². The Balaban J connectivity index is 2.11. The molecule has 0 amide bonds. The molecule has 2 rings (SSSR count). The maximum atomic E-state index is 3.52. The highest BCUT2D eigenvalue weighted by Crippen LogP contribution is 2.31. The second kappa shape index (κ2) is 4.80. The molecule has 2 atom stereocenters. The van der Waals surface area contributed by atoms with Crippen LogP contribution in [0.2, 0.25) is 0 Å². The molecule has 82 valence electrons. The SMILES string of the molecule is CCC[C@H]1CNC[C@H]1c1ccc(C)cc1. The van der Waals surface area contributed by atoms with Crippen LogP contribution in [0.15, 0.2) is 24.3 Å². The Morgan fingerprint density at radius 1 is 1.20 bits per heavy atom. The minimum atomic E-state index is 0.741. The van der Waals surface area contributed by atoms with Crippen molar-refractivity contribution in [3.8, 4) is 0 Å². The van der Waals surface area contributed by atoms with Gasteiger partial charge in [-0.25, -0.2) is 0 Å². The summed E-state index contributed by atoms with van der Waals surface area (Å²) in [5.41, 5.74) is 2.88. The Labute approximate surface area is 92.9 Å². The summed E-state index contributed by atoms with van der Waals surface area (Å²) in [4.78, 5) is 0. The van der Waals surface area contributed by atoms with E-state index in [2.05, 4.69) is 43.4 Å². The summed E-state index contributed by atoms with van der Waals surface area (Å²) < 4.78 is 0. The molecule has 1 heteroatoms. The summed E-state index contributed by atoms with van der Waals surface area (Å²) in [6, 6.07) is 9.07. The lowest BCUT2D eigenvalue weighted by molar-refractivity contribution is 0.473. The maximum Gasteiger partial charge on any atom is 0.00234 e. The van der Waals surface area contributed by atoms with Gasteiger partial charge in [0.05, 0.1) is 0 Å². The summed E-state index contributed by atoms with van der Waals surface area (Å²) in [7, 11) is 0. The van der Waals surface area contributed by atoms with Gasteiger partial charge in [0.25, 0.3) is 0 Å². The summed E-state index contributed by atoms with van der Waals surface area (Å²) in [6.45, 7) is 6.80. The van der Waals surface area contributed by atoms with Crippen LogP contribution in [0.4, 0.5) is 0 Å². The Kier molecular flexibility index (Phi) is 3.42. The van der Waals surface area contributed by atoms with Crippen LogP contribution in [0.1, 0.15) is 36.8 Å². The van der Waals surface area contributed by atoms with Crippen molar-refractivity contribution in [2.75, 3.05) is 13.1 Å². The van der Waals surface area contributed by atoms with Crippen LogP contribution in [-0.2, 0) is 0 Å². The topological polar surface area (TPSA) is 12.0 Å². The zero-order valence-electron chi connectivity index (χ0n) is 9.79. The van der Waals surface area contributed by atoms with Crippen LogP contribution in [-0.4, -0.2) is 13.1 Å². The molecule has 1 nitrogen and oxygen atoms in total. The van der Waals surface area contributed by atoms with Gasteiger partial charge in [0.2, 0.25) is 0 Å². The molecule has 0 aliphatic carbocycles. The highest BCUT2D eigenvalue weighted by atomic mass is 14.9. The second-order valence-corrected chi connectivity index (χ2v) is 4.72. The van der Waals surface area contributed by atoms with Gasteiger partial charge in [0.1, 0.15) is 0 Å². The van der Waals surface area contributed by atoms with Gasteiger partial charge in [-0.3, -0.25) is 0 Å². The minimum Gasteiger partial charge on any atom is -0.316 e. The first-order valence-electron chi connectivity index (χ1n) is 6.08. The summed E-state index contributed by atoms with van der Waals surface area (Å²) in [5, 5.41) is 3.52. The van der Waals surface area contributed by atoms with Crippen molar-refractivity contribution < 1.29 is 0 Å². The van der Waals surface area contributed by atoms with Crippen LogP contribution in [0.3, 0.4) is 0 Å². The highest BCUT2D eigenvalue weighted by Gasteiger charge is 2.27. The number of aryl methyl sites for hydroxylation is 1. The molecular formula is C14H21N. The lowest BCUT2D eigenvalue weighted by atomic mass is 9.86. The van der Waals surface area contributed by atoms with Crippen LogP contribution < -0.4 is 5.32 Å². The van der Waals surface area contributed by atoms with Gasteiger partial charge >= 0.3 is 0 Å². The summed E-state index contributed by atoms with van der Waals surface area (Å²) in [5.74, 6) is 1.59. The molecule has 1 heterocycles. The van der Waals surface area contributed by atoms with E-state index in [0.717, 1.165) is 18.4 Å². The summed E-state index contributed by atoms with van der Waals surface area (Å²) >= 11 is 0. The van der Waals surface area contributed by atoms with Crippen molar-refractivity contribution in [2.45, 2.75) is 32.6 Å². The average Bonchev–Trinajstić information content (AvgIpc) is 2.68. The number of nitrogens with one attached hydrogen (secondary N) is 1. The molecule has 0 saturated carbocycles. The van der Waals surface area contributed by atoms with Crippen LogP contribution in [0, 0.1) is 12.8 Å². The molecule has 1 fully saturated rings. The third-order valence-electron chi connectivity index (χ3n) is 3.50. The van der Waals surface area contributed by atoms with Crippen molar-refractivity contribution in [3.05, 3.63) is 35.4 Å². The zero-order valence-corrected chi connectivity index (χ0v) is 9.79. The largest absolute Gasteiger partial charge is 0.316 e. The van der Waals surface area contributed by atoms with Gasteiger partial charge in [-0.2, -0.15) is 0 Å². The first kappa shape index (κ1) is 10.7. The van der Waals surface area contributed by atoms with Gasteiger partial charge in [-0.15, -0.1) is 0 Å². The predicted molar refractivity (Wildman–Crippen MR) is 65.2 cm³/mol. The number of benzene rings is 1. The zero-order chi connectivity index (χ0) is 10.7. The molecule has 1 aliphatic rings. The number of hydrogen-bond acceptors (Lipinski definition) is 1. The highest BCUT2D eigenvalue weighted by molar-refractivity contribution is 5.26. The third kappa shape index (κ3) is 2.40. The van der Waals surface area contributed by atoms with E-state index in [1.165, 1.54) is 30.5 Å². The third-order valence-corrected chi connectivity index (χ3v) is 3.50. The first-order valence-corrected chi connectivity index (χ1v) is 6.08. The molecular weight excluding hydrogens is 182 g/mol. The molecule has 1 aromatic carbocycles. The van der Waals surface area contributed by atoms with Crippen LogP contribution in [0.25, 0.3) is 0 Å². The van der Waals surface area contributed by atoms with Crippen LogP contribution in [0.5, 0.6) is 0 Å². The van der Waals surface area contributed by atoms with Crippen molar-refractivity contribution in [3.63, 3.8) is 0 Å². The molecule has 0 unspecified atom stereocenters. The fraction of sp³-hybridized carbons (Fsp3) is 0.571. The van der Waals surface area contributed by atoms with Gasteiger partial charge in [0.15, 0.2) is 0 Å². The van der Waals surface area contributed by atoms with Gasteiger partial charge < -0.3 is 5.32 Å². The van der Waals surface area contributed by atoms with E-state index in [4.69, 9.17) is 0 Å². The smallest absolute Gasteiger partial charge is 0.00234 e. The molecule has 1 N–H and O–H groups in total. The van der Waals surface area contributed by atoms with Crippen molar-refractivity contribution in [1.29, 1.82) is 0 Å². The monoisotopic (exact) mass is 203 g/mol. The summed E-state index contributed by atoms with van der Waals surface area (Å²) in [6.07, 6.45) is 2.65. The van der Waals surface area contributed by atoms with Crippen molar-refractivity contribution in [1.82, 2.24) is 5.32 Å². The lowest BCUT2D eigenvalue weighted by Crippen LogP contribution is -2.10. The number of rotatable bonds is 3. The fourth-order valence-electron chi connectivity index (χ4n) is 2.61. The molecule has 15 heavy (non-hydrogen) atoms. The standard InChI is InChI=1S/C14H21N/c1-3-4-13-9-15-10-14(13)12-7-5-11(2)6-8-12/h5-8,13-15H,3-4,9-10H2,1-2H3/t13-,14-/m0/s1. The fourth-order valence-corrected chi connectivity index (χ4v) is 2.61. The molecule has 0 radical (unpaired) electrons. The molecule has 1 aliphatic heterocycles. The van der Waals surface area contributed by atoms with Crippen molar-refractivity contribution >= 4 is 0 Å². The Bertz CT molecular complexity index is 302. The Morgan fingerprint density at radius 3 is 2.60 bits per heavy atom. The van der Waals surface area contributed by atoms with Gasteiger partial charge in [-0.05, 0) is 31.4 Å². The minimum absolute atomic E-state index is 0.741. The Hall–Kier alpha value is -0.820. The van der Waals surface area contributed by atoms with E-state index in [-0.39, 0.29) is 0 Å². The second-order valence-electron chi connectivity index (χ2n) is 4.72. The van der Waals surface area contributed by atoms with E-state index in [9.17, 15) is 0 Å². The van der Waals surface area contributed by atoms with Crippen molar-refractivity contribution in [2.24, 2.45) is 5.92 Å². The number of hydrogen-bond donors (Lipinski definition) is 1.